The Morgan fingerprint density at radius 3 is 2.71 bits per heavy atom. The molecule has 0 aromatic carbocycles. The van der Waals surface area contributed by atoms with Gasteiger partial charge < -0.3 is 5.11 Å². The SMILES string of the molecule is C[C@]12CCC(=O)CC1CC[C@@H]1[C@H]2CC[C@]2(C)C(O)C=C[C@@H]12. The average molecular weight is 288 g/mol. The van der Waals surface area contributed by atoms with Gasteiger partial charge in [0.15, 0.2) is 0 Å². The van der Waals surface area contributed by atoms with Crippen LogP contribution in [-0.2, 0) is 4.79 Å². The van der Waals surface area contributed by atoms with Crippen molar-refractivity contribution >= 4 is 5.78 Å². The smallest absolute Gasteiger partial charge is 0.133 e. The molecule has 0 radical (unpaired) electrons. The predicted octanol–water partition coefficient (Wildman–Crippen LogP) is 3.74. The van der Waals surface area contributed by atoms with Crippen LogP contribution in [0.4, 0.5) is 0 Å². The summed E-state index contributed by atoms with van der Waals surface area (Å²) in [6.45, 7) is 4.76. The molecule has 116 valence electrons. The maximum absolute atomic E-state index is 11.9. The van der Waals surface area contributed by atoms with Crippen molar-refractivity contribution in [1.82, 2.24) is 0 Å². The highest BCUT2D eigenvalue weighted by Gasteiger charge is 2.58. The molecule has 0 heterocycles. The number of hydrogen-bond acceptors (Lipinski definition) is 2. The third-order valence-electron chi connectivity index (χ3n) is 7.95. The average Bonchev–Trinajstić information content (AvgIpc) is 2.76. The quantitative estimate of drug-likeness (QED) is 0.690. The van der Waals surface area contributed by atoms with E-state index in [0.29, 0.717) is 23.0 Å². The predicted molar refractivity (Wildman–Crippen MR) is 82.6 cm³/mol. The van der Waals surface area contributed by atoms with Crippen LogP contribution >= 0.6 is 0 Å². The Labute approximate surface area is 128 Å². The van der Waals surface area contributed by atoms with E-state index in [2.05, 4.69) is 19.9 Å². The summed E-state index contributed by atoms with van der Waals surface area (Å²) in [6.07, 6.45) is 11.7. The Hall–Kier alpha value is -0.630. The van der Waals surface area contributed by atoms with Crippen molar-refractivity contribution in [1.29, 1.82) is 0 Å². The number of aliphatic hydroxyl groups excluding tert-OH is 1. The van der Waals surface area contributed by atoms with E-state index in [0.717, 1.165) is 37.5 Å². The van der Waals surface area contributed by atoms with Gasteiger partial charge in [0, 0.05) is 18.3 Å². The molecule has 1 N–H and O–H groups in total. The first-order chi connectivity index (χ1) is 9.95. The molecule has 0 aliphatic heterocycles. The molecule has 3 fully saturated rings. The Balaban J connectivity index is 1.65. The highest BCUT2D eigenvalue weighted by atomic mass is 16.3. The van der Waals surface area contributed by atoms with E-state index in [1.54, 1.807) is 0 Å². The summed E-state index contributed by atoms with van der Waals surface area (Å²) in [5.41, 5.74) is 0.453. The Bertz CT molecular complexity index is 496. The fourth-order valence-electron chi connectivity index (χ4n) is 6.47. The second-order valence-corrected chi connectivity index (χ2v) is 8.69. The molecule has 2 heteroatoms. The lowest BCUT2D eigenvalue weighted by molar-refractivity contribution is -0.139. The number of fused-ring (bicyclic) bond motifs is 5. The van der Waals surface area contributed by atoms with Crippen LogP contribution in [0.25, 0.3) is 0 Å². The second-order valence-electron chi connectivity index (χ2n) is 8.69. The molecule has 3 saturated carbocycles. The highest BCUT2D eigenvalue weighted by Crippen LogP contribution is 2.64. The van der Waals surface area contributed by atoms with Gasteiger partial charge in [-0.25, -0.2) is 0 Å². The molecule has 4 rings (SSSR count). The van der Waals surface area contributed by atoms with Crippen molar-refractivity contribution in [3.63, 3.8) is 0 Å². The normalized spacial score (nSPS) is 55.8. The van der Waals surface area contributed by atoms with Gasteiger partial charge in [-0.15, -0.1) is 0 Å². The molecule has 2 nitrogen and oxygen atoms in total. The molecule has 7 atom stereocenters. The van der Waals surface area contributed by atoms with E-state index in [-0.39, 0.29) is 11.5 Å². The molecular weight excluding hydrogens is 260 g/mol. The molecule has 0 bridgehead atoms. The zero-order valence-corrected chi connectivity index (χ0v) is 13.3. The summed E-state index contributed by atoms with van der Waals surface area (Å²) in [6, 6.07) is 0. The van der Waals surface area contributed by atoms with Gasteiger partial charge in [-0.05, 0) is 61.2 Å². The van der Waals surface area contributed by atoms with Crippen molar-refractivity contribution in [2.75, 3.05) is 0 Å². The first-order valence-electron chi connectivity index (χ1n) is 8.83. The van der Waals surface area contributed by atoms with E-state index in [9.17, 15) is 9.90 Å². The fourth-order valence-corrected chi connectivity index (χ4v) is 6.47. The first kappa shape index (κ1) is 14.0. The Morgan fingerprint density at radius 2 is 1.90 bits per heavy atom. The van der Waals surface area contributed by atoms with Crippen LogP contribution in [0.15, 0.2) is 12.2 Å². The number of carbonyl (C=O) groups is 1. The zero-order chi connectivity index (χ0) is 14.8. The minimum absolute atomic E-state index is 0.0782. The largest absolute Gasteiger partial charge is 0.388 e. The molecule has 2 unspecified atom stereocenters. The minimum atomic E-state index is -0.248. The third-order valence-corrected chi connectivity index (χ3v) is 7.95. The molecule has 0 amide bonds. The highest BCUT2D eigenvalue weighted by molar-refractivity contribution is 5.79. The Morgan fingerprint density at radius 1 is 1.10 bits per heavy atom. The summed E-state index contributed by atoms with van der Waals surface area (Å²) in [5, 5.41) is 10.4. The Kier molecular flexibility index (Phi) is 2.96. The van der Waals surface area contributed by atoms with Crippen molar-refractivity contribution < 1.29 is 9.90 Å². The van der Waals surface area contributed by atoms with Crippen molar-refractivity contribution in [3.05, 3.63) is 12.2 Å². The summed E-state index contributed by atoms with van der Waals surface area (Å²) < 4.78 is 0. The summed E-state index contributed by atoms with van der Waals surface area (Å²) in [5.74, 6) is 3.16. The molecule has 21 heavy (non-hydrogen) atoms. The van der Waals surface area contributed by atoms with Gasteiger partial charge >= 0.3 is 0 Å². The molecular formula is C19H28O2. The van der Waals surface area contributed by atoms with Crippen LogP contribution in [0.2, 0.25) is 0 Å². The first-order valence-corrected chi connectivity index (χ1v) is 8.83. The van der Waals surface area contributed by atoms with E-state index in [4.69, 9.17) is 0 Å². The molecule has 0 aromatic rings. The number of ketones is 1. The van der Waals surface area contributed by atoms with Gasteiger partial charge in [0.2, 0.25) is 0 Å². The van der Waals surface area contributed by atoms with Gasteiger partial charge in [0.25, 0.3) is 0 Å². The van der Waals surface area contributed by atoms with E-state index < -0.39 is 0 Å². The van der Waals surface area contributed by atoms with Crippen LogP contribution in [0.5, 0.6) is 0 Å². The van der Waals surface area contributed by atoms with Crippen LogP contribution in [0.3, 0.4) is 0 Å². The lowest BCUT2D eigenvalue weighted by Gasteiger charge is -2.59. The number of allylic oxidation sites excluding steroid dienone is 1. The van der Waals surface area contributed by atoms with Gasteiger partial charge in [-0.1, -0.05) is 26.0 Å². The zero-order valence-electron chi connectivity index (χ0n) is 13.3. The van der Waals surface area contributed by atoms with E-state index >= 15 is 0 Å². The summed E-state index contributed by atoms with van der Waals surface area (Å²) >= 11 is 0. The van der Waals surface area contributed by atoms with Gasteiger partial charge in [0.1, 0.15) is 5.78 Å². The number of Topliss-reactive ketones (excluding diaryl/α,β-unsaturated/α-hetero) is 1. The van der Waals surface area contributed by atoms with Crippen LogP contribution < -0.4 is 0 Å². The molecule has 0 spiro atoms. The maximum atomic E-state index is 11.9. The van der Waals surface area contributed by atoms with Crippen molar-refractivity contribution in [2.24, 2.45) is 34.5 Å². The number of aliphatic hydroxyl groups is 1. The lowest BCUT2D eigenvalue weighted by atomic mass is 9.45. The number of hydrogen-bond donors (Lipinski definition) is 1. The summed E-state index contributed by atoms with van der Waals surface area (Å²) in [4.78, 5) is 11.9. The van der Waals surface area contributed by atoms with Gasteiger partial charge in [0.05, 0.1) is 6.10 Å². The standard InChI is InChI=1S/C19H28O2/c1-18-9-7-13(20)11-12(18)3-4-14-15-5-6-17(21)19(15,2)10-8-16(14)18/h5-6,12,14-17,21H,3-4,7-11H2,1-2H3/t12?,14-,15-,16+,17?,18-,19-/m0/s1. The van der Waals surface area contributed by atoms with E-state index in [1.165, 1.54) is 19.3 Å². The molecule has 0 saturated heterocycles. The molecule has 0 aromatic heterocycles. The maximum Gasteiger partial charge on any atom is 0.133 e. The van der Waals surface area contributed by atoms with Crippen LogP contribution in [0.1, 0.15) is 58.8 Å². The molecule has 4 aliphatic rings. The van der Waals surface area contributed by atoms with E-state index in [1.807, 2.05) is 6.08 Å². The molecule has 4 aliphatic carbocycles. The lowest BCUT2D eigenvalue weighted by Crippen LogP contribution is -2.54. The monoisotopic (exact) mass is 288 g/mol. The minimum Gasteiger partial charge on any atom is -0.388 e. The van der Waals surface area contributed by atoms with Crippen LogP contribution in [0, 0.1) is 34.5 Å². The second kappa shape index (κ2) is 4.44. The topological polar surface area (TPSA) is 37.3 Å². The number of carbonyl (C=O) groups excluding carboxylic acids is 1. The van der Waals surface area contributed by atoms with Crippen molar-refractivity contribution in [3.8, 4) is 0 Å². The van der Waals surface area contributed by atoms with Crippen molar-refractivity contribution in [2.45, 2.75) is 64.9 Å². The van der Waals surface area contributed by atoms with Crippen LogP contribution in [-0.4, -0.2) is 17.0 Å². The summed E-state index contributed by atoms with van der Waals surface area (Å²) in [7, 11) is 0. The van der Waals surface area contributed by atoms with Gasteiger partial charge in [-0.2, -0.15) is 0 Å². The van der Waals surface area contributed by atoms with Gasteiger partial charge in [-0.3, -0.25) is 4.79 Å². The third kappa shape index (κ3) is 1.78. The number of rotatable bonds is 0. The fraction of sp³-hybridized carbons (Fsp3) is 0.842.